The van der Waals surface area contributed by atoms with E-state index in [1.54, 1.807) is 6.07 Å². The van der Waals surface area contributed by atoms with Crippen LogP contribution in [0.25, 0.3) is 0 Å². The molecule has 24 heavy (non-hydrogen) atoms. The molecule has 2 nitrogen and oxygen atoms in total. The van der Waals surface area contributed by atoms with Gasteiger partial charge in [0.1, 0.15) is 17.4 Å². The number of hydrogen-bond donors (Lipinski definition) is 0. The summed E-state index contributed by atoms with van der Waals surface area (Å²) in [5, 5.41) is 0. The normalized spacial score (nSPS) is 13.2. The Morgan fingerprint density at radius 2 is 1.88 bits per heavy atom. The van der Waals surface area contributed by atoms with Crippen LogP contribution in [0.3, 0.4) is 0 Å². The van der Waals surface area contributed by atoms with Crippen molar-refractivity contribution in [3.8, 4) is 5.75 Å². The van der Waals surface area contributed by atoms with Crippen LogP contribution in [0.4, 0.5) is 8.78 Å². The van der Waals surface area contributed by atoms with Crippen LogP contribution in [0.5, 0.6) is 5.75 Å². The summed E-state index contributed by atoms with van der Waals surface area (Å²) in [6.07, 6.45) is 5.65. The number of rotatable bonds is 4. The smallest absolute Gasteiger partial charge is 0.346 e. The van der Waals surface area contributed by atoms with E-state index in [1.807, 2.05) is 0 Å². The van der Waals surface area contributed by atoms with Gasteiger partial charge in [-0.25, -0.2) is 13.6 Å². The zero-order valence-corrected chi connectivity index (χ0v) is 13.4. The molecule has 2 aromatic rings. The van der Waals surface area contributed by atoms with Crippen molar-refractivity contribution in [1.82, 2.24) is 0 Å². The number of hydrogen-bond acceptors (Lipinski definition) is 2. The first kappa shape index (κ1) is 16.4. The van der Waals surface area contributed by atoms with Crippen LogP contribution >= 0.6 is 0 Å². The van der Waals surface area contributed by atoms with Crippen molar-refractivity contribution in [2.24, 2.45) is 0 Å². The third-order valence-electron chi connectivity index (χ3n) is 4.13. The van der Waals surface area contributed by atoms with E-state index < -0.39 is 17.6 Å². The molecule has 0 heterocycles. The van der Waals surface area contributed by atoms with Gasteiger partial charge in [0.15, 0.2) is 0 Å². The van der Waals surface area contributed by atoms with Crippen LogP contribution in [0.2, 0.25) is 0 Å². The summed E-state index contributed by atoms with van der Waals surface area (Å²) in [6.45, 7) is 2.12. The maximum absolute atomic E-state index is 14.3. The quantitative estimate of drug-likeness (QED) is 0.448. The standard InChI is InChI=1S/C20H18F2O2/c1-2-3-13-4-5-14-11-18(19(22)12-15(14)10-13)20(23)24-17-8-6-16(21)7-9-17/h4,6-9,11-12H,2-3,5,10H2,1H3. The lowest BCUT2D eigenvalue weighted by molar-refractivity contribution is 0.0729. The molecule has 0 radical (unpaired) electrons. The fourth-order valence-electron chi connectivity index (χ4n) is 2.92. The van der Waals surface area contributed by atoms with Gasteiger partial charge in [0.25, 0.3) is 0 Å². The number of carbonyl (C=O) groups excluding carboxylic acids is 1. The number of allylic oxidation sites excluding steroid dienone is 2. The van der Waals surface area contributed by atoms with Gasteiger partial charge in [-0.1, -0.05) is 25.0 Å². The van der Waals surface area contributed by atoms with Gasteiger partial charge in [0, 0.05) is 0 Å². The number of halogens is 2. The topological polar surface area (TPSA) is 26.3 Å². The second kappa shape index (κ2) is 6.95. The van der Waals surface area contributed by atoms with E-state index in [0.717, 1.165) is 30.4 Å². The first-order valence-corrected chi connectivity index (χ1v) is 8.03. The highest BCUT2D eigenvalue weighted by Crippen LogP contribution is 2.27. The molecule has 0 spiro atoms. The molecule has 1 aliphatic rings. The predicted molar refractivity (Wildman–Crippen MR) is 88.2 cm³/mol. The minimum atomic E-state index is -0.773. The van der Waals surface area contributed by atoms with Crippen molar-refractivity contribution in [3.05, 3.63) is 76.4 Å². The van der Waals surface area contributed by atoms with E-state index in [2.05, 4.69) is 13.0 Å². The van der Waals surface area contributed by atoms with Crippen molar-refractivity contribution in [2.75, 3.05) is 0 Å². The Bertz CT molecular complexity index is 792. The molecule has 0 saturated carbocycles. The lowest BCUT2D eigenvalue weighted by Crippen LogP contribution is -2.13. The van der Waals surface area contributed by atoms with Crippen LogP contribution in [-0.4, -0.2) is 5.97 Å². The number of benzene rings is 2. The fourth-order valence-corrected chi connectivity index (χ4v) is 2.92. The minimum absolute atomic E-state index is 0.0922. The van der Waals surface area contributed by atoms with E-state index in [1.165, 1.54) is 35.9 Å². The van der Waals surface area contributed by atoms with Gasteiger partial charge in [-0.2, -0.15) is 0 Å². The predicted octanol–water partition coefficient (Wildman–Crippen LogP) is 5.01. The Kier molecular flexibility index (Phi) is 4.74. The Labute approximate surface area is 139 Å². The van der Waals surface area contributed by atoms with Crippen molar-refractivity contribution in [2.45, 2.75) is 32.6 Å². The largest absolute Gasteiger partial charge is 0.423 e. The highest BCUT2D eigenvalue weighted by atomic mass is 19.1. The Balaban J connectivity index is 1.81. The molecule has 3 rings (SSSR count). The van der Waals surface area contributed by atoms with Crippen molar-refractivity contribution in [3.63, 3.8) is 0 Å². The molecule has 0 atom stereocenters. The van der Waals surface area contributed by atoms with Gasteiger partial charge >= 0.3 is 5.97 Å². The van der Waals surface area contributed by atoms with Crippen LogP contribution in [-0.2, 0) is 12.8 Å². The van der Waals surface area contributed by atoms with Gasteiger partial charge in [-0.3, -0.25) is 0 Å². The highest BCUT2D eigenvalue weighted by Gasteiger charge is 2.20. The molecule has 0 N–H and O–H groups in total. The molecule has 0 aliphatic heterocycles. The number of fused-ring (bicyclic) bond motifs is 1. The Hall–Kier alpha value is -2.49. The summed E-state index contributed by atoms with van der Waals surface area (Å²) in [4.78, 5) is 12.2. The van der Waals surface area contributed by atoms with E-state index in [4.69, 9.17) is 4.74 Å². The van der Waals surface area contributed by atoms with Crippen LogP contribution in [0.1, 0.15) is 41.3 Å². The summed E-state index contributed by atoms with van der Waals surface area (Å²) in [5.74, 6) is -1.60. The van der Waals surface area contributed by atoms with Gasteiger partial charge in [-0.15, -0.1) is 0 Å². The van der Waals surface area contributed by atoms with E-state index >= 15 is 0 Å². The fraction of sp³-hybridized carbons (Fsp3) is 0.250. The monoisotopic (exact) mass is 328 g/mol. The number of ether oxygens (including phenoxy) is 1. The number of carbonyl (C=O) groups is 1. The van der Waals surface area contributed by atoms with Crippen molar-refractivity contribution < 1.29 is 18.3 Å². The van der Waals surface area contributed by atoms with Crippen LogP contribution in [0.15, 0.2) is 48.0 Å². The minimum Gasteiger partial charge on any atom is -0.423 e. The second-order valence-corrected chi connectivity index (χ2v) is 5.94. The molecule has 2 aromatic carbocycles. The molecule has 0 amide bonds. The molecular weight excluding hydrogens is 310 g/mol. The summed E-state index contributed by atoms with van der Waals surface area (Å²) < 4.78 is 32.3. The van der Waals surface area contributed by atoms with Gasteiger partial charge < -0.3 is 4.74 Å². The number of esters is 1. The van der Waals surface area contributed by atoms with Gasteiger partial charge in [0.2, 0.25) is 0 Å². The molecular formula is C20H18F2O2. The summed E-state index contributed by atoms with van der Waals surface area (Å²) >= 11 is 0. The molecule has 1 aliphatic carbocycles. The first-order chi connectivity index (χ1) is 11.6. The summed E-state index contributed by atoms with van der Waals surface area (Å²) in [7, 11) is 0. The van der Waals surface area contributed by atoms with Crippen LogP contribution in [0, 0.1) is 11.6 Å². The summed E-state index contributed by atoms with van der Waals surface area (Å²) in [5.41, 5.74) is 3.09. The molecule has 124 valence electrons. The molecule has 4 heteroatoms. The van der Waals surface area contributed by atoms with E-state index in [9.17, 15) is 13.6 Å². The average molecular weight is 328 g/mol. The third-order valence-corrected chi connectivity index (χ3v) is 4.13. The Morgan fingerprint density at radius 3 is 2.58 bits per heavy atom. The second-order valence-electron chi connectivity index (χ2n) is 5.94. The zero-order valence-electron chi connectivity index (χ0n) is 13.4. The molecule has 0 fully saturated rings. The molecule has 0 saturated heterocycles. The zero-order chi connectivity index (χ0) is 17.1. The maximum atomic E-state index is 14.3. The lowest BCUT2D eigenvalue weighted by Gasteiger charge is -2.18. The SMILES string of the molecule is CCCC1=CCc2cc(C(=O)Oc3ccc(F)cc3)c(F)cc2C1. The van der Waals surface area contributed by atoms with Crippen molar-refractivity contribution in [1.29, 1.82) is 0 Å². The lowest BCUT2D eigenvalue weighted by atomic mass is 9.88. The maximum Gasteiger partial charge on any atom is 0.346 e. The van der Waals surface area contributed by atoms with E-state index in [-0.39, 0.29) is 11.3 Å². The van der Waals surface area contributed by atoms with E-state index in [0.29, 0.717) is 6.42 Å². The Morgan fingerprint density at radius 1 is 1.12 bits per heavy atom. The molecule has 0 bridgehead atoms. The molecule has 0 aromatic heterocycles. The molecule has 0 unspecified atom stereocenters. The third kappa shape index (κ3) is 3.53. The summed E-state index contributed by atoms with van der Waals surface area (Å²) in [6, 6.07) is 8.04. The van der Waals surface area contributed by atoms with Crippen molar-refractivity contribution >= 4 is 5.97 Å². The van der Waals surface area contributed by atoms with Gasteiger partial charge in [-0.05, 0) is 66.8 Å². The van der Waals surface area contributed by atoms with Gasteiger partial charge in [0.05, 0.1) is 5.56 Å². The average Bonchev–Trinajstić information content (AvgIpc) is 2.56. The highest BCUT2D eigenvalue weighted by molar-refractivity contribution is 5.91. The van der Waals surface area contributed by atoms with Crippen LogP contribution < -0.4 is 4.74 Å². The first-order valence-electron chi connectivity index (χ1n) is 8.03.